The van der Waals surface area contributed by atoms with Gasteiger partial charge in [0.05, 0.1) is 6.42 Å². The molecule has 0 unspecified atom stereocenters. The van der Waals surface area contributed by atoms with Crippen molar-refractivity contribution in [2.24, 2.45) is 0 Å². The third-order valence-corrected chi connectivity index (χ3v) is 2.48. The van der Waals surface area contributed by atoms with E-state index in [0.29, 0.717) is 5.69 Å². The summed E-state index contributed by atoms with van der Waals surface area (Å²) >= 11 is 0. The van der Waals surface area contributed by atoms with Gasteiger partial charge in [0.25, 0.3) is 0 Å². The number of β-lactam (4-membered cyclic amide) rings is 1. The highest BCUT2D eigenvalue weighted by molar-refractivity contribution is 6.09. The number of carboxylic acids is 1. The molecule has 2 rings (SSSR count). The summed E-state index contributed by atoms with van der Waals surface area (Å²) in [6.45, 7) is 8.00. The first-order valence-corrected chi connectivity index (χ1v) is 7.00. The Bertz CT molecular complexity index is 474. The lowest BCUT2D eigenvalue weighted by atomic mass is 10.0. The highest BCUT2D eigenvalue weighted by Crippen LogP contribution is 2.20. The minimum Gasteiger partial charge on any atom is -0.480 e. The largest absolute Gasteiger partial charge is 0.480 e. The molecule has 0 radical (unpaired) electrons. The average Bonchev–Trinajstić information content (AvgIpc) is 2.49. The standard InChI is InChI=1S/C11H10N2O4.2C2H6/c14-9-6-8(10(15)16)13(9)11(17)12-7-4-2-1-3-5-7;2*1-2/h1-5,8H,6H2,(H,12,17)(H,15,16);2*1-2H3/t8-;;/m0../s1. The summed E-state index contributed by atoms with van der Waals surface area (Å²) in [4.78, 5) is 34.3. The van der Waals surface area contributed by atoms with E-state index in [0.717, 1.165) is 4.90 Å². The third-order valence-electron chi connectivity index (χ3n) is 2.48. The second-order valence-electron chi connectivity index (χ2n) is 3.62. The van der Waals surface area contributed by atoms with Crippen LogP contribution in [0.1, 0.15) is 34.1 Å². The van der Waals surface area contributed by atoms with E-state index in [9.17, 15) is 14.4 Å². The fourth-order valence-corrected chi connectivity index (χ4v) is 1.57. The molecule has 3 amide bonds. The average molecular weight is 294 g/mol. The Hall–Kier alpha value is -2.37. The van der Waals surface area contributed by atoms with Gasteiger partial charge in [0.2, 0.25) is 5.91 Å². The predicted octanol–water partition coefficient (Wildman–Crippen LogP) is 2.96. The molecule has 1 heterocycles. The summed E-state index contributed by atoms with van der Waals surface area (Å²) in [6.07, 6.45) is -0.127. The van der Waals surface area contributed by atoms with E-state index < -0.39 is 23.9 Å². The van der Waals surface area contributed by atoms with Gasteiger partial charge in [0.15, 0.2) is 0 Å². The van der Waals surface area contributed by atoms with Crippen LogP contribution in [0.4, 0.5) is 10.5 Å². The first-order valence-electron chi connectivity index (χ1n) is 7.00. The number of carbonyl (C=O) groups excluding carboxylic acids is 2. The van der Waals surface area contributed by atoms with E-state index in [-0.39, 0.29) is 6.42 Å². The van der Waals surface area contributed by atoms with Crippen LogP contribution >= 0.6 is 0 Å². The Labute approximate surface area is 124 Å². The molecule has 116 valence electrons. The maximum atomic E-state index is 11.7. The zero-order valence-corrected chi connectivity index (χ0v) is 12.8. The lowest BCUT2D eigenvalue weighted by Gasteiger charge is -2.35. The maximum Gasteiger partial charge on any atom is 0.329 e. The van der Waals surface area contributed by atoms with Crippen molar-refractivity contribution < 1.29 is 19.5 Å². The molecule has 1 aromatic carbocycles. The molecule has 21 heavy (non-hydrogen) atoms. The summed E-state index contributed by atoms with van der Waals surface area (Å²) in [7, 11) is 0. The number of benzene rings is 1. The van der Waals surface area contributed by atoms with Gasteiger partial charge in [-0.2, -0.15) is 0 Å². The lowest BCUT2D eigenvalue weighted by Crippen LogP contribution is -2.60. The second kappa shape index (κ2) is 9.52. The molecule has 6 heteroatoms. The van der Waals surface area contributed by atoms with E-state index in [1.807, 2.05) is 27.7 Å². The highest BCUT2D eigenvalue weighted by atomic mass is 16.4. The van der Waals surface area contributed by atoms with Crippen LogP contribution in [-0.2, 0) is 9.59 Å². The van der Waals surface area contributed by atoms with E-state index in [2.05, 4.69) is 5.32 Å². The van der Waals surface area contributed by atoms with Crippen molar-refractivity contribution in [3.63, 3.8) is 0 Å². The van der Waals surface area contributed by atoms with E-state index >= 15 is 0 Å². The molecule has 0 bridgehead atoms. The van der Waals surface area contributed by atoms with Crippen LogP contribution in [-0.4, -0.2) is 34.0 Å². The van der Waals surface area contributed by atoms with Gasteiger partial charge in [-0.05, 0) is 12.1 Å². The van der Waals surface area contributed by atoms with Crippen molar-refractivity contribution in [1.29, 1.82) is 0 Å². The molecular formula is C15H22N2O4. The van der Waals surface area contributed by atoms with Crippen LogP contribution in [0.2, 0.25) is 0 Å². The van der Waals surface area contributed by atoms with Crippen LogP contribution in [0.5, 0.6) is 0 Å². The number of imide groups is 1. The number of rotatable bonds is 2. The molecular weight excluding hydrogens is 272 g/mol. The van der Waals surface area contributed by atoms with Gasteiger partial charge in [0.1, 0.15) is 6.04 Å². The summed E-state index contributed by atoms with van der Waals surface area (Å²) in [5, 5.41) is 11.2. The summed E-state index contributed by atoms with van der Waals surface area (Å²) < 4.78 is 0. The fraction of sp³-hybridized carbons (Fsp3) is 0.400. The molecule has 1 aromatic rings. The molecule has 1 atom stereocenters. The Morgan fingerprint density at radius 1 is 1.14 bits per heavy atom. The molecule has 0 saturated carbocycles. The van der Waals surface area contributed by atoms with Crippen molar-refractivity contribution in [1.82, 2.24) is 4.90 Å². The first-order chi connectivity index (χ1) is 10.1. The highest BCUT2D eigenvalue weighted by Gasteiger charge is 2.45. The number of nitrogens with zero attached hydrogens (tertiary/aromatic N) is 1. The molecule has 6 nitrogen and oxygen atoms in total. The maximum absolute atomic E-state index is 11.7. The van der Waals surface area contributed by atoms with Gasteiger partial charge in [-0.15, -0.1) is 0 Å². The van der Waals surface area contributed by atoms with Gasteiger partial charge in [0, 0.05) is 5.69 Å². The number of hydrogen-bond donors (Lipinski definition) is 2. The number of anilines is 1. The molecule has 0 spiro atoms. The summed E-state index contributed by atoms with van der Waals surface area (Å²) in [5.41, 5.74) is 0.515. The number of carboxylic acid groups (broad SMARTS) is 1. The van der Waals surface area contributed by atoms with Gasteiger partial charge >= 0.3 is 12.0 Å². The normalized spacial score (nSPS) is 15.5. The Morgan fingerprint density at radius 3 is 2.10 bits per heavy atom. The van der Waals surface area contributed by atoms with E-state index in [1.165, 1.54) is 0 Å². The zero-order valence-electron chi connectivity index (χ0n) is 12.8. The predicted molar refractivity (Wildman–Crippen MR) is 81.0 cm³/mol. The number of urea groups is 1. The number of carbonyl (C=O) groups is 3. The van der Waals surface area contributed by atoms with Crippen molar-refractivity contribution in [2.75, 3.05) is 5.32 Å². The fourth-order valence-electron chi connectivity index (χ4n) is 1.57. The smallest absolute Gasteiger partial charge is 0.329 e. The lowest BCUT2D eigenvalue weighted by molar-refractivity contribution is -0.157. The third kappa shape index (κ3) is 4.91. The van der Waals surface area contributed by atoms with Gasteiger partial charge in [-0.1, -0.05) is 45.9 Å². The molecule has 0 aromatic heterocycles. The molecule has 0 aliphatic carbocycles. The SMILES string of the molecule is CC.CC.O=C(O)[C@@H]1CC(=O)N1C(=O)Nc1ccccc1. The van der Waals surface area contributed by atoms with Gasteiger partial charge in [-0.3, -0.25) is 4.79 Å². The van der Waals surface area contributed by atoms with Crippen molar-refractivity contribution in [2.45, 2.75) is 40.2 Å². The minimum atomic E-state index is -1.17. The molecule has 2 N–H and O–H groups in total. The van der Waals surface area contributed by atoms with Crippen molar-refractivity contribution >= 4 is 23.6 Å². The Kier molecular flexibility index (Phi) is 8.45. The molecule has 1 aliphatic heterocycles. The minimum absolute atomic E-state index is 0.127. The Balaban J connectivity index is 0.000000921. The van der Waals surface area contributed by atoms with Crippen molar-refractivity contribution in [3.8, 4) is 0 Å². The van der Waals surface area contributed by atoms with E-state index in [1.54, 1.807) is 30.3 Å². The molecule has 1 fully saturated rings. The van der Waals surface area contributed by atoms with Gasteiger partial charge in [-0.25, -0.2) is 14.5 Å². The summed E-state index contributed by atoms with van der Waals surface area (Å²) in [6, 6.07) is 6.77. The topological polar surface area (TPSA) is 86.7 Å². The van der Waals surface area contributed by atoms with Crippen LogP contribution in [0.25, 0.3) is 0 Å². The first kappa shape index (κ1) is 18.6. The number of likely N-dealkylation sites (tertiary alicyclic amines) is 1. The van der Waals surface area contributed by atoms with Crippen molar-refractivity contribution in [3.05, 3.63) is 30.3 Å². The number of nitrogens with one attached hydrogen (secondary N) is 1. The number of amides is 3. The summed E-state index contributed by atoms with van der Waals surface area (Å²) in [5.74, 6) is -1.65. The Morgan fingerprint density at radius 2 is 1.67 bits per heavy atom. The number of para-hydroxylation sites is 1. The zero-order chi connectivity index (χ0) is 16.4. The van der Waals surface area contributed by atoms with Gasteiger partial charge < -0.3 is 10.4 Å². The van der Waals surface area contributed by atoms with Crippen LogP contribution in [0.15, 0.2) is 30.3 Å². The monoisotopic (exact) mass is 294 g/mol. The van der Waals surface area contributed by atoms with Crippen LogP contribution in [0, 0.1) is 0 Å². The molecule has 1 saturated heterocycles. The van der Waals surface area contributed by atoms with Crippen LogP contribution < -0.4 is 5.32 Å². The quantitative estimate of drug-likeness (QED) is 0.821. The number of aliphatic carboxylic acids is 1. The van der Waals surface area contributed by atoms with Crippen LogP contribution in [0.3, 0.4) is 0 Å². The molecule has 1 aliphatic rings. The second-order valence-corrected chi connectivity index (χ2v) is 3.62. The van der Waals surface area contributed by atoms with E-state index in [4.69, 9.17) is 5.11 Å². The number of hydrogen-bond acceptors (Lipinski definition) is 3.